The monoisotopic (exact) mass is 398 g/mol. The molecule has 120 valence electrons. The average molecular weight is 400 g/mol. The highest BCUT2D eigenvalue weighted by Crippen LogP contribution is 2.32. The molecule has 1 aromatic carbocycles. The summed E-state index contributed by atoms with van der Waals surface area (Å²) in [6.45, 7) is 0.654. The molecule has 0 fully saturated rings. The van der Waals surface area contributed by atoms with Crippen LogP contribution in [-0.4, -0.2) is 12.8 Å². The predicted octanol–water partition coefficient (Wildman–Crippen LogP) is 4.32. The molecule has 0 bridgehead atoms. The number of fused-ring (bicyclic) bond motifs is 1. The number of esters is 1. The molecule has 0 aliphatic carbocycles. The van der Waals surface area contributed by atoms with Gasteiger partial charge in [0.15, 0.2) is 11.5 Å². The fourth-order valence-corrected chi connectivity index (χ4v) is 2.71. The number of halogens is 2. The van der Waals surface area contributed by atoms with Crippen molar-refractivity contribution in [2.75, 3.05) is 6.79 Å². The minimum absolute atomic E-state index is 0.0634. The van der Waals surface area contributed by atoms with Crippen molar-refractivity contribution in [3.8, 4) is 5.75 Å². The zero-order valence-electron chi connectivity index (χ0n) is 11.9. The molecule has 1 aromatic heterocycles. The zero-order chi connectivity index (χ0) is 16.2. The minimum Gasteiger partial charge on any atom is -0.467 e. The molecule has 2 aromatic rings. The normalized spacial score (nSPS) is 13.7. The Morgan fingerprint density at radius 2 is 2.26 bits per heavy atom. The molecule has 5 nitrogen and oxygen atoms in total. The van der Waals surface area contributed by atoms with Crippen LogP contribution in [0, 0.1) is 0 Å². The third-order valence-corrected chi connectivity index (χ3v) is 3.74. The van der Waals surface area contributed by atoms with Gasteiger partial charge in [0.2, 0.25) is 0 Å². The maximum Gasteiger partial charge on any atom is 0.331 e. The molecule has 0 saturated carbocycles. The van der Waals surface area contributed by atoms with E-state index in [2.05, 4.69) is 15.9 Å². The van der Waals surface area contributed by atoms with Crippen molar-refractivity contribution in [2.24, 2.45) is 0 Å². The quantitative estimate of drug-likeness (QED) is 0.566. The predicted molar refractivity (Wildman–Crippen MR) is 87.0 cm³/mol. The van der Waals surface area contributed by atoms with Gasteiger partial charge >= 0.3 is 5.97 Å². The van der Waals surface area contributed by atoms with E-state index >= 15 is 0 Å². The van der Waals surface area contributed by atoms with Gasteiger partial charge in [0.05, 0.1) is 6.61 Å². The Balaban J connectivity index is 1.65. The maximum atomic E-state index is 11.8. The van der Waals surface area contributed by atoms with E-state index in [9.17, 15) is 4.79 Å². The van der Waals surface area contributed by atoms with Gasteiger partial charge in [0.25, 0.3) is 0 Å². The van der Waals surface area contributed by atoms with Gasteiger partial charge in [-0.2, -0.15) is 0 Å². The van der Waals surface area contributed by atoms with E-state index in [-0.39, 0.29) is 13.4 Å². The second kappa shape index (κ2) is 7.21. The Morgan fingerprint density at radius 1 is 1.39 bits per heavy atom. The van der Waals surface area contributed by atoms with E-state index in [1.165, 1.54) is 12.2 Å². The van der Waals surface area contributed by atoms with Crippen LogP contribution in [0.2, 0.25) is 5.02 Å². The number of carbonyl (C=O) groups excluding carboxylic acids is 1. The van der Waals surface area contributed by atoms with Crippen LogP contribution in [-0.2, 0) is 27.5 Å². The second-order valence-electron chi connectivity index (χ2n) is 4.75. The third kappa shape index (κ3) is 4.16. The molecule has 0 saturated heterocycles. The van der Waals surface area contributed by atoms with Gasteiger partial charge < -0.3 is 18.6 Å². The van der Waals surface area contributed by atoms with E-state index in [1.807, 2.05) is 0 Å². The van der Waals surface area contributed by atoms with Crippen LogP contribution in [0.5, 0.6) is 5.75 Å². The first-order chi connectivity index (χ1) is 11.1. The molecule has 0 N–H and O–H groups in total. The van der Waals surface area contributed by atoms with Crippen molar-refractivity contribution in [3.63, 3.8) is 0 Å². The number of hydrogen-bond acceptors (Lipinski definition) is 5. The van der Waals surface area contributed by atoms with Crippen LogP contribution in [0.1, 0.15) is 16.9 Å². The van der Waals surface area contributed by atoms with Crippen LogP contribution < -0.4 is 4.74 Å². The summed E-state index contributed by atoms with van der Waals surface area (Å²) in [6, 6.07) is 6.96. The molecule has 0 spiro atoms. The zero-order valence-corrected chi connectivity index (χ0v) is 14.2. The molecule has 23 heavy (non-hydrogen) atoms. The van der Waals surface area contributed by atoms with E-state index in [1.54, 1.807) is 24.3 Å². The largest absolute Gasteiger partial charge is 0.467 e. The van der Waals surface area contributed by atoms with Crippen molar-refractivity contribution >= 4 is 39.6 Å². The Bertz CT molecular complexity index is 753. The van der Waals surface area contributed by atoms with Crippen molar-refractivity contribution in [2.45, 2.75) is 13.2 Å². The van der Waals surface area contributed by atoms with Gasteiger partial charge in [-0.3, -0.25) is 0 Å². The van der Waals surface area contributed by atoms with Crippen LogP contribution in [0.15, 0.2) is 39.4 Å². The van der Waals surface area contributed by atoms with Crippen LogP contribution >= 0.6 is 27.5 Å². The number of hydrogen-bond donors (Lipinski definition) is 0. The van der Waals surface area contributed by atoms with Gasteiger partial charge in [-0.1, -0.05) is 11.6 Å². The van der Waals surface area contributed by atoms with E-state index < -0.39 is 5.97 Å². The topological polar surface area (TPSA) is 57.9 Å². The summed E-state index contributed by atoms with van der Waals surface area (Å²) in [7, 11) is 0. The first-order valence-electron chi connectivity index (χ1n) is 6.74. The minimum atomic E-state index is -0.488. The van der Waals surface area contributed by atoms with Gasteiger partial charge in [0.1, 0.15) is 18.1 Å². The molecule has 0 amide bonds. The molecule has 1 aliphatic heterocycles. The van der Waals surface area contributed by atoms with Crippen LogP contribution in [0.4, 0.5) is 0 Å². The first-order valence-corrected chi connectivity index (χ1v) is 7.91. The maximum absolute atomic E-state index is 11.8. The summed E-state index contributed by atoms with van der Waals surface area (Å²) in [5.41, 5.74) is 1.55. The highest BCUT2D eigenvalue weighted by molar-refractivity contribution is 9.10. The molecule has 7 heteroatoms. The Kier molecular flexibility index (Phi) is 5.05. The summed E-state index contributed by atoms with van der Waals surface area (Å²) in [4.78, 5) is 11.8. The average Bonchev–Trinajstić information content (AvgIpc) is 2.96. The third-order valence-electron chi connectivity index (χ3n) is 3.10. The van der Waals surface area contributed by atoms with E-state index in [4.69, 9.17) is 30.2 Å². The molecule has 0 atom stereocenters. The van der Waals surface area contributed by atoms with Gasteiger partial charge in [-0.05, 0) is 46.3 Å². The molecule has 1 aliphatic rings. The number of benzene rings is 1. The standard InChI is InChI=1S/C16H12BrClO5/c17-14-3-1-13(23-14)2-4-15(19)21-8-11-6-12(18)5-10-7-20-9-22-16(10)11/h1-6H,7-9H2/b4-2+. The Hall–Kier alpha value is -1.76. The fourth-order valence-electron chi connectivity index (χ4n) is 2.13. The first kappa shape index (κ1) is 16.1. The lowest BCUT2D eigenvalue weighted by molar-refractivity contribution is -0.139. The summed E-state index contributed by atoms with van der Waals surface area (Å²) in [6.07, 6.45) is 2.83. The lowest BCUT2D eigenvalue weighted by atomic mass is 10.1. The van der Waals surface area contributed by atoms with E-state index in [0.29, 0.717) is 33.4 Å². The van der Waals surface area contributed by atoms with Crippen molar-refractivity contribution in [1.82, 2.24) is 0 Å². The summed E-state index contributed by atoms with van der Waals surface area (Å²) < 4.78 is 21.7. The molecular weight excluding hydrogens is 388 g/mol. The number of ether oxygens (including phenoxy) is 3. The van der Waals surface area contributed by atoms with Crippen molar-refractivity contribution < 1.29 is 23.4 Å². The lowest BCUT2D eigenvalue weighted by Crippen LogP contribution is -2.14. The highest BCUT2D eigenvalue weighted by atomic mass is 79.9. The molecular formula is C16H12BrClO5. The number of furan rings is 1. The SMILES string of the molecule is O=C(/C=C/c1ccc(Br)o1)OCc1cc(Cl)cc2c1OCOC2. The van der Waals surface area contributed by atoms with Gasteiger partial charge in [0, 0.05) is 22.2 Å². The summed E-state index contributed by atoms with van der Waals surface area (Å²) >= 11 is 9.25. The number of rotatable bonds is 4. The second-order valence-corrected chi connectivity index (χ2v) is 5.96. The van der Waals surface area contributed by atoms with Crippen molar-refractivity contribution in [1.29, 1.82) is 0 Å². The molecule has 0 unspecified atom stereocenters. The summed E-state index contributed by atoms with van der Waals surface area (Å²) in [5, 5.41) is 0.542. The smallest absolute Gasteiger partial charge is 0.331 e. The summed E-state index contributed by atoms with van der Waals surface area (Å²) in [5.74, 6) is 0.722. The molecule has 3 rings (SSSR count). The lowest BCUT2D eigenvalue weighted by Gasteiger charge is -2.20. The van der Waals surface area contributed by atoms with E-state index in [0.717, 1.165) is 5.56 Å². The molecule has 0 radical (unpaired) electrons. The van der Waals surface area contributed by atoms with Crippen LogP contribution in [0.3, 0.4) is 0 Å². The van der Waals surface area contributed by atoms with Gasteiger partial charge in [-0.25, -0.2) is 4.79 Å². The van der Waals surface area contributed by atoms with Gasteiger partial charge in [-0.15, -0.1) is 0 Å². The van der Waals surface area contributed by atoms with Crippen molar-refractivity contribution in [3.05, 3.63) is 56.9 Å². The fraction of sp³-hybridized carbons (Fsp3) is 0.188. The molecule has 2 heterocycles. The Morgan fingerprint density at radius 3 is 3.04 bits per heavy atom. The highest BCUT2D eigenvalue weighted by Gasteiger charge is 2.17. The Labute approximate surface area is 145 Å². The number of carbonyl (C=O) groups is 1. The van der Waals surface area contributed by atoms with Crippen LogP contribution in [0.25, 0.3) is 6.08 Å².